The lowest BCUT2D eigenvalue weighted by molar-refractivity contribution is 0.242. The van der Waals surface area contributed by atoms with Crippen LogP contribution in [-0.2, 0) is 0 Å². The topological polar surface area (TPSA) is 40.5 Å². The molecule has 0 spiro atoms. The molecule has 1 rings (SSSR count). The Hall–Kier alpha value is -0.860. The van der Waals surface area contributed by atoms with Crippen molar-refractivity contribution in [3.05, 3.63) is 35.4 Å². The van der Waals surface area contributed by atoms with Crippen molar-refractivity contribution in [2.24, 2.45) is 0 Å². The number of aliphatic hydroxyl groups is 2. The zero-order valence-corrected chi connectivity index (χ0v) is 8.61. The van der Waals surface area contributed by atoms with Crippen LogP contribution in [0.25, 0.3) is 0 Å². The first-order valence-electron chi connectivity index (χ1n) is 5.06. The average Bonchev–Trinajstić information content (AvgIpc) is 2.19. The molecular weight excluding hydrogens is 176 g/mol. The monoisotopic (exact) mass is 194 g/mol. The lowest BCUT2D eigenvalue weighted by Crippen LogP contribution is -2.04. The van der Waals surface area contributed by atoms with Crippen LogP contribution in [0.2, 0.25) is 0 Å². The highest BCUT2D eigenvalue weighted by Gasteiger charge is 2.09. The molecule has 0 aromatic heterocycles. The van der Waals surface area contributed by atoms with Crippen molar-refractivity contribution in [1.82, 2.24) is 0 Å². The fourth-order valence-electron chi connectivity index (χ4n) is 1.63. The first-order chi connectivity index (χ1) is 6.77. The van der Waals surface area contributed by atoms with E-state index in [9.17, 15) is 0 Å². The van der Waals surface area contributed by atoms with E-state index in [2.05, 4.69) is 31.2 Å². The van der Waals surface area contributed by atoms with E-state index in [0.29, 0.717) is 0 Å². The van der Waals surface area contributed by atoms with E-state index in [1.165, 1.54) is 11.1 Å². The Kier molecular flexibility index (Phi) is 4.63. The molecule has 14 heavy (non-hydrogen) atoms. The maximum Gasteiger partial charge on any atom is 0.0436 e. The van der Waals surface area contributed by atoms with Gasteiger partial charge < -0.3 is 10.2 Å². The molecule has 0 saturated carbocycles. The fraction of sp³-hybridized carbons (Fsp3) is 0.500. The van der Waals surface area contributed by atoms with Crippen LogP contribution in [0.5, 0.6) is 0 Å². The summed E-state index contributed by atoms with van der Waals surface area (Å²) in [5.41, 5.74) is 2.44. The zero-order chi connectivity index (χ0) is 10.4. The van der Waals surface area contributed by atoms with Gasteiger partial charge in [0.25, 0.3) is 0 Å². The van der Waals surface area contributed by atoms with Crippen LogP contribution in [0.1, 0.15) is 29.9 Å². The van der Waals surface area contributed by atoms with Gasteiger partial charge in [-0.3, -0.25) is 0 Å². The van der Waals surface area contributed by atoms with E-state index in [-0.39, 0.29) is 19.1 Å². The van der Waals surface area contributed by atoms with Crippen LogP contribution in [0.3, 0.4) is 0 Å². The van der Waals surface area contributed by atoms with E-state index >= 15 is 0 Å². The minimum Gasteiger partial charge on any atom is -0.396 e. The normalized spacial score (nSPS) is 10.9. The minimum absolute atomic E-state index is 0.179. The lowest BCUT2D eigenvalue weighted by Gasteiger charge is -2.14. The predicted molar refractivity (Wildman–Crippen MR) is 57.3 cm³/mol. The minimum atomic E-state index is 0.179. The molecule has 2 heteroatoms. The molecule has 78 valence electrons. The van der Waals surface area contributed by atoms with Gasteiger partial charge in [0.1, 0.15) is 0 Å². The van der Waals surface area contributed by atoms with Gasteiger partial charge in [0.05, 0.1) is 0 Å². The number of aryl methyl sites for hydroxylation is 1. The summed E-state index contributed by atoms with van der Waals surface area (Å²) in [5, 5.41) is 17.8. The molecule has 0 aliphatic carbocycles. The summed E-state index contributed by atoms with van der Waals surface area (Å²) in [5.74, 6) is 0.283. The summed E-state index contributed by atoms with van der Waals surface area (Å²) < 4.78 is 0. The van der Waals surface area contributed by atoms with E-state index in [0.717, 1.165) is 12.8 Å². The summed E-state index contributed by atoms with van der Waals surface area (Å²) in [6, 6.07) is 8.28. The van der Waals surface area contributed by atoms with E-state index in [1.807, 2.05) is 0 Å². The van der Waals surface area contributed by atoms with Crippen LogP contribution in [0, 0.1) is 6.92 Å². The standard InChI is InChI=1S/C12H18O2/c1-10-2-4-11(5-3-10)12(6-8-13)7-9-14/h2-5,12-14H,6-9H2,1H3. The van der Waals surface area contributed by atoms with Gasteiger partial charge in [-0.15, -0.1) is 0 Å². The van der Waals surface area contributed by atoms with Gasteiger partial charge >= 0.3 is 0 Å². The molecule has 2 nitrogen and oxygen atoms in total. The van der Waals surface area contributed by atoms with Crippen LogP contribution in [-0.4, -0.2) is 23.4 Å². The molecular formula is C12H18O2. The first-order valence-corrected chi connectivity index (χ1v) is 5.06. The largest absolute Gasteiger partial charge is 0.396 e. The fourth-order valence-corrected chi connectivity index (χ4v) is 1.63. The van der Waals surface area contributed by atoms with Crippen molar-refractivity contribution >= 4 is 0 Å². The maximum absolute atomic E-state index is 8.90. The van der Waals surface area contributed by atoms with Crippen LogP contribution in [0.4, 0.5) is 0 Å². The molecule has 0 bridgehead atoms. The molecule has 0 fully saturated rings. The lowest BCUT2D eigenvalue weighted by atomic mass is 9.92. The second kappa shape index (κ2) is 5.78. The number of rotatable bonds is 5. The summed E-state index contributed by atoms with van der Waals surface area (Å²) in [4.78, 5) is 0. The quantitative estimate of drug-likeness (QED) is 0.751. The van der Waals surface area contributed by atoms with Gasteiger partial charge in [-0.25, -0.2) is 0 Å². The molecule has 0 amide bonds. The van der Waals surface area contributed by atoms with Crippen LogP contribution in [0.15, 0.2) is 24.3 Å². The molecule has 0 saturated heterocycles. The second-order valence-corrected chi connectivity index (χ2v) is 3.63. The number of aliphatic hydroxyl groups excluding tert-OH is 2. The second-order valence-electron chi connectivity index (χ2n) is 3.63. The number of benzene rings is 1. The van der Waals surface area contributed by atoms with Gasteiger partial charge in [0, 0.05) is 13.2 Å². The van der Waals surface area contributed by atoms with Crippen molar-refractivity contribution in [1.29, 1.82) is 0 Å². The molecule has 1 aromatic rings. The van der Waals surface area contributed by atoms with Crippen molar-refractivity contribution in [3.63, 3.8) is 0 Å². The van der Waals surface area contributed by atoms with Crippen LogP contribution < -0.4 is 0 Å². The molecule has 0 aliphatic rings. The Morgan fingerprint density at radius 1 is 1.00 bits per heavy atom. The summed E-state index contributed by atoms with van der Waals surface area (Å²) in [6.45, 7) is 2.41. The molecule has 1 aromatic carbocycles. The Balaban J connectivity index is 2.71. The highest BCUT2D eigenvalue weighted by atomic mass is 16.3. The maximum atomic E-state index is 8.90. The van der Waals surface area contributed by atoms with E-state index < -0.39 is 0 Å². The van der Waals surface area contributed by atoms with Crippen molar-refractivity contribution < 1.29 is 10.2 Å². The molecule has 0 aliphatic heterocycles. The molecule has 0 unspecified atom stereocenters. The molecule has 0 atom stereocenters. The Morgan fingerprint density at radius 3 is 1.93 bits per heavy atom. The Labute approximate surface area is 85.2 Å². The first kappa shape index (κ1) is 11.2. The van der Waals surface area contributed by atoms with Crippen molar-refractivity contribution in [2.45, 2.75) is 25.7 Å². The van der Waals surface area contributed by atoms with Crippen LogP contribution >= 0.6 is 0 Å². The third kappa shape index (κ3) is 3.13. The average molecular weight is 194 g/mol. The van der Waals surface area contributed by atoms with Gasteiger partial charge in [-0.2, -0.15) is 0 Å². The molecule has 0 heterocycles. The van der Waals surface area contributed by atoms with Gasteiger partial charge in [-0.05, 0) is 31.2 Å². The number of hydrogen-bond acceptors (Lipinski definition) is 2. The van der Waals surface area contributed by atoms with Crippen molar-refractivity contribution in [3.8, 4) is 0 Å². The molecule has 2 N–H and O–H groups in total. The van der Waals surface area contributed by atoms with Gasteiger partial charge in [-0.1, -0.05) is 29.8 Å². The summed E-state index contributed by atoms with van der Waals surface area (Å²) in [6.07, 6.45) is 1.45. The van der Waals surface area contributed by atoms with E-state index in [4.69, 9.17) is 10.2 Å². The SMILES string of the molecule is Cc1ccc(C(CCO)CCO)cc1. The summed E-state index contributed by atoms with van der Waals surface area (Å²) >= 11 is 0. The third-order valence-corrected chi connectivity index (χ3v) is 2.50. The molecule has 0 radical (unpaired) electrons. The highest BCUT2D eigenvalue weighted by Crippen LogP contribution is 2.22. The zero-order valence-electron chi connectivity index (χ0n) is 8.61. The highest BCUT2D eigenvalue weighted by molar-refractivity contribution is 5.24. The summed E-state index contributed by atoms with van der Waals surface area (Å²) in [7, 11) is 0. The predicted octanol–water partition coefficient (Wildman–Crippen LogP) is 1.84. The van der Waals surface area contributed by atoms with Crippen molar-refractivity contribution in [2.75, 3.05) is 13.2 Å². The van der Waals surface area contributed by atoms with Gasteiger partial charge in [0.15, 0.2) is 0 Å². The van der Waals surface area contributed by atoms with Gasteiger partial charge in [0.2, 0.25) is 0 Å². The Bertz CT molecular complexity index is 248. The Morgan fingerprint density at radius 2 is 1.50 bits per heavy atom. The van der Waals surface area contributed by atoms with E-state index in [1.54, 1.807) is 0 Å². The third-order valence-electron chi connectivity index (χ3n) is 2.50. The smallest absolute Gasteiger partial charge is 0.0436 e. The number of hydrogen-bond donors (Lipinski definition) is 2.